The monoisotopic (exact) mass is 668 g/mol. The van der Waals surface area contributed by atoms with Gasteiger partial charge in [0, 0.05) is 45.2 Å². The number of nitrogens with one attached hydrogen (secondary N) is 2. The predicted molar refractivity (Wildman–Crippen MR) is 193 cm³/mol. The van der Waals surface area contributed by atoms with Crippen molar-refractivity contribution in [1.29, 1.82) is 0 Å². The molecule has 1 heterocycles. The van der Waals surface area contributed by atoms with Gasteiger partial charge in [-0.3, -0.25) is 19.3 Å². The number of nitrogens with zero attached hydrogens (tertiary/aromatic N) is 2. The van der Waals surface area contributed by atoms with Crippen LogP contribution in [0.1, 0.15) is 49.9 Å². The summed E-state index contributed by atoms with van der Waals surface area (Å²) in [6.45, 7) is 9.03. The molecule has 0 aromatic heterocycles. The molecule has 0 bridgehead atoms. The first-order chi connectivity index (χ1) is 23.6. The average Bonchev–Trinajstić information content (AvgIpc) is 3.34. The van der Waals surface area contributed by atoms with Gasteiger partial charge >= 0.3 is 0 Å². The van der Waals surface area contributed by atoms with Crippen molar-refractivity contribution in [3.05, 3.63) is 87.6 Å². The minimum absolute atomic E-state index is 0.0260. The van der Waals surface area contributed by atoms with E-state index in [2.05, 4.69) is 39.8 Å². The third-order valence-corrected chi connectivity index (χ3v) is 9.32. The zero-order valence-electron chi connectivity index (χ0n) is 29.4. The second kappa shape index (κ2) is 16.0. The first-order valence-corrected chi connectivity index (χ1v) is 16.9. The molecule has 1 aliphatic carbocycles. The van der Waals surface area contributed by atoms with Crippen molar-refractivity contribution in [2.24, 2.45) is 5.92 Å². The Labute approximate surface area is 289 Å². The fourth-order valence-corrected chi connectivity index (χ4v) is 6.76. The zero-order chi connectivity index (χ0) is 35.1. The second-order valence-corrected chi connectivity index (χ2v) is 12.9. The Bertz CT molecular complexity index is 1730. The van der Waals surface area contributed by atoms with Gasteiger partial charge in [-0.2, -0.15) is 0 Å². The van der Waals surface area contributed by atoms with Crippen LogP contribution in [0.5, 0.6) is 17.2 Å². The largest absolute Gasteiger partial charge is 0.493 e. The number of amides is 2. The second-order valence-electron chi connectivity index (χ2n) is 12.9. The lowest BCUT2D eigenvalue weighted by atomic mass is 9.95. The van der Waals surface area contributed by atoms with E-state index in [1.165, 1.54) is 12.5 Å². The molecule has 260 valence electrons. The minimum Gasteiger partial charge on any atom is -0.493 e. The molecule has 10 nitrogen and oxygen atoms in total. The summed E-state index contributed by atoms with van der Waals surface area (Å²) in [5, 5.41) is 6.37. The van der Waals surface area contributed by atoms with E-state index in [0.717, 1.165) is 36.3 Å². The summed E-state index contributed by atoms with van der Waals surface area (Å²) >= 11 is 0. The molecular weight excluding hydrogens is 620 g/mol. The Morgan fingerprint density at radius 1 is 0.939 bits per heavy atom. The van der Waals surface area contributed by atoms with Crippen molar-refractivity contribution >= 4 is 23.6 Å². The molecule has 5 rings (SSSR count). The van der Waals surface area contributed by atoms with Crippen molar-refractivity contribution in [2.45, 2.75) is 45.7 Å². The number of piperazine rings is 1. The van der Waals surface area contributed by atoms with Crippen LogP contribution < -0.4 is 30.3 Å². The predicted octanol–water partition coefficient (Wildman–Crippen LogP) is 5.16. The van der Waals surface area contributed by atoms with Gasteiger partial charge in [0.25, 0.3) is 0 Å². The normalized spacial score (nSPS) is 16.7. The van der Waals surface area contributed by atoms with E-state index < -0.39 is 12.1 Å². The number of rotatable bonds is 11. The molecule has 3 aromatic rings. The van der Waals surface area contributed by atoms with Gasteiger partial charge in [-0.15, -0.1) is 0 Å². The van der Waals surface area contributed by atoms with Gasteiger partial charge in [0.05, 0.1) is 33.1 Å². The summed E-state index contributed by atoms with van der Waals surface area (Å²) in [5.74, 6) is 1.16. The number of hydrogen-bond acceptors (Lipinski definition) is 8. The van der Waals surface area contributed by atoms with E-state index >= 15 is 0 Å². The quantitative estimate of drug-likeness (QED) is 0.289. The highest BCUT2D eigenvalue weighted by Gasteiger charge is 2.32. The van der Waals surface area contributed by atoms with Crippen molar-refractivity contribution in [3.8, 4) is 28.4 Å². The molecule has 0 unspecified atom stereocenters. The van der Waals surface area contributed by atoms with E-state index in [1.807, 2.05) is 49.1 Å². The maximum atomic E-state index is 13.9. The number of hydrogen-bond donors (Lipinski definition) is 2. The van der Waals surface area contributed by atoms with Crippen LogP contribution in [0.25, 0.3) is 17.2 Å². The summed E-state index contributed by atoms with van der Waals surface area (Å²) in [5.41, 5.74) is 4.33. The summed E-state index contributed by atoms with van der Waals surface area (Å²) in [6.07, 6.45) is 5.45. The highest BCUT2D eigenvalue weighted by molar-refractivity contribution is 5.86. The van der Waals surface area contributed by atoms with Crippen LogP contribution in [0.3, 0.4) is 0 Å². The van der Waals surface area contributed by atoms with Crippen LogP contribution in [-0.4, -0.2) is 81.7 Å². The third kappa shape index (κ3) is 8.08. The fourth-order valence-electron chi connectivity index (χ4n) is 6.76. The fraction of sp³-hybridized carbons (Fsp3) is 0.410. The van der Waals surface area contributed by atoms with Gasteiger partial charge in [0.1, 0.15) is 6.04 Å². The SMILES string of the molecule is COc1cc2c(c(OC)c1OC)-c1ccc(N[C@@H](C(=O)N3CCN(C/C=C/c4ccccc4)CC3)C(C)C)c(=O)cc1[C@@H](NC(C)=O)CC2. The zero-order valence-corrected chi connectivity index (χ0v) is 29.4. The smallest absolute Gasteiger partial charge is 0.245 e. The Morgan fingerprint density at radius 2 is 1.65 bits per heavy atom. The third-order valence-electron chi connectivity index (χ3n) is 9.32. The van der Waals surface area contributed by atoms with Crippen molar-refractivity contribution in [2.75, 3.05) is 59.4 Å². The highest BCUT2D eigenvalue weighted by Crippen LogP contribution is 2.50. The number of fused-ring (bicyclic) bond motifs is 3. The first kappa shape index (κ1) is 35.5. The molecule has 1 saturated heterocycles. The number of methoxy groups -OCH3 is 3. The highest BCUT2D eigenvalue weighted by atomic mass is 16.5. The molecule has 3 aromatic carbocycles. The minimum atomic E-state index is -0.600. The van der Waals surface area contributed by atoms with Gasteiger partial charge in [0.2, 0.25) is 23.0 Å². The molecule has 2 atom stereocenters. The Kier molecular flexibility index (Phi) is 11.6. The van der Waals surface area contributed by atoms with Crippen molar-refractivity contribution in [3.63, 3.8) is 0 Å². The molecule has 10 heteroatoms. The lowest BCUT2D eigenvalue weighted by molar-refractivity contribution is -0.134. The van der Waals surface area contributed by atoms with Gasteiger partial charge in [-0.05, 0) is 59.2 Å². The van der Waals surface area contributed by atoms with Crippen LogP contribution in [-0.2, 0) is 16.0 Å². The van der Waals surface area contributed by atoms with Crippen LogP contribution in [0.15, 0.2) is 65.5 Å². The number of carbonyl (C=O) groups excluding carboxylic acids is 2. The molecule has 1 fully saturated rings. The van der Waals surface area contributed by atoms with Crippen molar-refractivity contribution < 1.29 is 23.8 Å². The summed E-state index contributed by atoms with van der Waals surface area (Å²) in [6, 6.07) is 16.3. The number of anilines is 1. The van der Waals surface area contributed by atoms with E-state index in [-0.39, 0.29) is 23.2 Å². The molecule has 2 amide bonds. The van der Waals surface area contributed by atoms with Gasteiger partial charge < -0.3 is 29.7 Å². The van der Waals surface area contributed by atoms with E-state index in [9.17, 15) is 14.4 Å². The molecule has 1 aliphatic heterocycles. The van der Waals surface area contributed by atoms with E-state index in [0.29, 0.717) is 54.4 Å². The molecule has 0 spiro atoms. The molecule has 0 radical (unpaired) electrons. The lowest BCUT2D eigenvalue weighted by Gasteiger charge is -2.37. The lowest BCUT2D eigenvalue weighted by Crippen LogP contribution is -2.54. The summed E-state index contributed by atoms with van der Waals surface area (Å²) in [7, 11) is 4.70. The summed E-state index contributed by atoms with van der Waals surface area (Å²) in [4.78, 5) is 44.4. The van der Waals surface area contributed by atoms with E-state index in [1.54, 1.807) is 33.5 Å². The Hall–Kier alpha value is -4.83. The Balaban J connectivity index is 1.42. The van der Waals surface area contributed by atoms with Crippen LogP contribution >= 0.6 is 0 Å². The number of benzene rings is 2. The van der Waals surface area contributed by atoms with Crippen LogP contribution in [0, 0.1) is 5.92 Å². The summed E-state index contributed by atoms with van der Waals surface area (Å²) < 4.78 is 17.2. The van der Waals surface area contributed by atoms with Gasteiger partial charge in [-0.25, -0.2) is 0 Å². The molecule has 0 saturated carbocycles. The maximum absolute atomic E-state index is 13.9. The molecule has 2 aliphatic rings. The van der Waals surface area contributed by atoms with Crippen molar-refractivity contribution in [1.82, 2.24) is 15.1 Å². The topological polar surface area (TPSA) is 109 Å². The standard InChI is InChI=1S/C39H48N4O6/c1-25(2)36(39(46)43-21-19-42(20-22-43)18-10-13-27-11-8-7-9-12-27)41-32-17-15-29-30(24-33(32)45)31(40-26(3)44)16-14-28-23-34(47-4)37(48-5)38(49-6)35(28)29/h7-13,15,17,23-25,31,36H,14,16,18-22H2,1-6H3,(H,40,44)(H,41,45)/b13-10+/t31-,36+/m0/s1. The van der Waals surface area contributed by atoms with Gasteiger partial charge in [0.15, 0.2) is 11.5 Å². The Morgan fingerprint density at radius 3 is 2.29 bits per heavy atom. The molecule has 2 N–H and O–H groups in total. The number of aryl methyl sites for hydroxylation is 1. The van der Waals surface area contributed by atoms with Gasteiger partial charge in [-0.1, -0.05) is 62.4 Å². The number of ether oxygens (including phenoxy) is 3. The molecular formula is C39H48N4O6. The maximum Gasteiger partial charge on any atom is 0.245 e. The number of carbonyl (C=O) groups is 2. The average molecular weight is 669 g/mol. The molecule has 49 heavy (non-hydrogen) atoms. The van der Waals surface area contributed by atoms with E-state index in [4.69, 9.17) is 14.2 Å². The van der Waals surface area contributed by atoms with Crippen LogP contribution in [0.2, 0.25) is 0 Å². The first-order valence-electron chi connectivity index (χ1n) is 16.9. The van der Waals surface area contributed by atoms with Crippen LogP contribution in [0.4, 0.5) is 5.69 Å².